The van der Waals surface area contributed by atoms with Gasteiger partial charge in [0.1, 0.15) is 0 Å². The Bertz CT molecular complexity index is 599. The van der Waals surface area contributed by atoms with Crippen LogP contribution in [0.15, 0.2) is 11.6 Å². The summed E-state index contributed by atoms with van der Waals surface area (Å²) >= 11 is 0. The number of fused-ring (bicyclic) bond motifs is 5. The van der Waals surface area contributed by atoms with Crippen LogP contribution in [0.4, 0.5) is 0 Å². The summed E-state index contributed by atoms with van der Waals surface area (Å²) in [6.45, 7) is 15.5. The van der Waals surface area contributed by atoms with E-state index in [4.69, 9.17) is 0 Å². The van der Waals surface area contributed by atoms with Crippen LogP contribution in [0.3, 0.4) is 0 Å². The van der Waals surface area contributed by atoms with Gasteiger partial charge in [-0.3, -0.25) is 0 Å². The normalized spacial score (nSPS) is 46.5. The number of allylic oxidation sites excluding steroid dienone is 2. The van der Waals surface area contributed by atoms with Crippen molar-refractivity contribution in [3.8, 4) is 0 Å². The topological polar surface area (TPSA) is 0 Å². The molecule has 4 rings (SSSR count). The first-order valence-corrected chi connectivity index (χ1v) is 12.9. The van der Waals surface area contributed by atoms with Gasteiger partial charge in [-0.25, -0.2) is 0 Å². The molecule has 4 aliphatic carbocycles. The summed E-state index contributed by atoms with van der Waals surface area (Å²) in [5.74, 6) is 4.69. The van der Waals surface area contributed by atoms with Gasteiger partial charge >= 0.3 is 0 Å². The molecule has 0 radical (unpaired) electrons. The largest absolute Gasteiger partial charge is 0.0842 e. The Hall–Kier alpha value is -0.260. The van der Waals surface area contributed by atoms with E-state index in [0.717, 1.165) is 29.6 Å². The first-order chi connectivity index (χ1) is 13.2. The standard InChI is InChI=1S/C28H48/c1-20(2)10-9-11-21(3)23-13-14-24-27(23,5)19-16-25-26(4)17-8-7-12-22(26)15-18-28(24,25)6/h15,20-21,23-25H,7-14,16-19H2,1-6H3. The number of hydrogen-bond donors (Lipinski definition) is 0. The maximum Gasteiger partial charge on any atom is -0.00827 e. The summed E-state index contributed by atoms with van der Waals surface area (Å²) in [5.41, 5.74) is 3.57. The van der Waals surface area contributed by atoms with Crippen LogP contribution in [-0.2, 0) is 0 Å². The monoisotopic (exact) mass is 384 g/mol. The molecule has 0 aromatic carbocycles. The van der Waals surface area contributed by atoms with Crippen molar-refractivity contribution in [2.24, 2.45) is 45.8 Å². The highest BCUT2D eigenvalue weighted by atomic mass is 14.7. The molecule has 28 heavy (non-hydrogen) atoms. The summed E-state index contributed by atoms with van der Waals surface area (Å²) in [4.78, 5) is 0. The maximum absolute atomic E-state index is 2.75. The van der Waals surface area contributed by atoms with Gasteiger partial charge in [0, 0.05) is 0 Å². The van der Waals surface area contributed by atoms with Gasteiger partial charge in [-0.2, -0.15) is 0 Å². The van der Waals surface area contributed by atoms with E-state index in [1.165, 1.54) is 77.0 Å². The van der Waals surface area contributed by atoms with E-state index in [2.05, 4.69) is 47.6 Å². The van der Waals surface area contributed by atoms with Crippen LogP contribution in [0.1, 0.15) is 119 Å². The van der Waals surface area contributed by atoms with Crippen molar-refractivity contribution in [2.45, 2.75) is 119 Å². The highest BCUT2D eigenvalue weighted by Gasteiger charge is 2.63. The average Bonchev–Trinajstić information content (AvgIpc) is 2.99. The lowest BCUT2D eigenvalue weighted by molar-refractivity contribution is -0.110. The predicted octanol–water partition coefficient (Wildman–Crippen LogP) is 8.81. The first-order valence-electron chi connectivity index (χ1n) is 12.9. The van der Waals surface area contributed by atoms with Gasteiger partial charge in [0.25, 0.3) is 0 Å². The molecule has 0 amide bonds. The van der Waals surface area contributed by atoms with Crippen LogP contribution in [0, 0.1) is 45.8 Å². The Labute approximate surface area is 176 Å². The molecule has 3 fully saturated rings. The minimum Gasteiger partial charge on any atom is -0.0842 e. The maximum atomic E-state index is 2.75. The van der Waals surface area contributed by atoms with E-state index in [1.54, 1.807) is 0 Å². The fourth-order valence-corrected chi connectivity index (χ4v) is 9.38. The minimum atomic E-state index is 0.535. The lowest BCUT2D eigenvalue weighted by atomic mass is 9.41. The molecule has 0 nitrogen and oxygen atoms in total. The molecule has 160 valence electrons. The fourth-order valence-electron chi connectivity index (χ4n) is 9.38. The third-order valence-electron chi connectivity index (χ3n) is 10.8. The molecule has 0 aliphatic heterocycles. The van der Waals surface area contributed by atoms with Crippen LogP contribution in [0.25, 0.3) is 0 Å². The van der Waals surface area contributed by atoms with Crippen molar-refractivity contribution in [1.29, 1.82) is 0 Å². The summed E-state index contributed by atoms with van der Waals surface area (Å²) in [6, 6.07) is 0. The molecule has 4 aliphatic rings. The summed E-state index contributed by atoms with van der Waals surface area (Å²) < 4.78 is 0. The highest BCUT2D eigenvalue weighted by Crippen LogP contribution is 2.71. The van der Waals surface area contributed by atoms with Gasteiger partial charge in [-0.05, 0) is 97.2 Å². The van der Waals surface area contributed by atoms with Crippen molar-refractivity contribution in [3.05, 3.63) is 11.6 Å². The van der Waals surface area contributed by atoms with E-state index in [9.17, 15) is 0 Å². The van der Waals surface area contributed by atoms with Crippen LogP contribution in [0.5, 0.6) is 0 Å². The molecule has 0 aromatic rings. The van der Waals surface area contributed by atoms with Gasteiger partial charge in [0.2, 0.25) is 0 Å². The molecular weight excluding hydrogens is 336 g/mol. The second-order valence-electron chi connectivity index (χ2n) is 12.7. The van der Waals surface area contributed by atoms with E-state index in [0.29, 0.717) is 16.2 Å². The quantitative estimate of drug-likeness (QED) is 0.415. The Morgan fingerprint density at radius 3 is 2.43 bits per heavy atom. The summed E-state index contributed by atoms with van der Waals surface area (Å²) in [6.07, 6.45) is 20.3. The minimum absolute atomic E-state index is 0.535. The number of rotatable bonds is 5. The first kappa shape index (κ1) is 21.0. The Morgan fingerprint density at radius 2 is 1.68 bits per heavy atom. The lowest BCUT2D eigenvalue weighted by Crippen LogP contribution is -2.55. The summed E-state index contributed by atoms with van der Waals surface area (Å²) in [7, 11) is 0. The molecule has 0 spiro atoms. The van der Waals surface area contributed by atoms with Gasteiger partial charge < -0.3 is 0 Å². The molecule has 0 N–H and O–H groups in total. The third kappa shape index (κ3) is 3.15. The van der Waals surface area contributed by atoms with Gasteiger partial charge in [0.15, 0.2) is 0 Å². The molecule has 0 bridgehead atoms. The fraction of sp³-hybridized carbons (Fsp3) is 0.929. The van der Waals surface area contributed by atoms with Crippen molar-refractivity contribution < 1.29 is 0 Å². The molecule has 7 atom stereocenters. The zero-order valence-corrected chi connectivity index (χ0v) is 19.9. The highest BCUT2D eigenvalue weighted by molar-refractivity contribution is 5.27. The van der Waals surface area contributed by atoms with Crippen molar-refractivity contribution in [2.75, 3.05) is 0 Å². The summed E-state index contributed by atoms with van der Waals surface area (Å²) in [5, 5.41) is 0. The van der Waals surface area contributed by atoms with E-state index < -0.39 is 0 Å². The molecular formula is C28H48. The second-order valence-corrected chi connectivity index (χ2v) is 12.7. The SMILES string of the molecule is CC(C)CCCC(C)C1CCC2C1(C)CCC1C3(C)CCCCC3=CCC12C. The third-order valence-corrected chi connectivity index (χ3v) is 10.8. The van der Waals surface area contributed by atoms with E-state index in [-0.39, 0.29) is 0 Å². The van der Waals surface area contributed by atoms with E-state index >= 15 is 0 Å². The molecule has 3 saturated carbocycles. The molecule has 0 saturated heterocycles. The average molecular weight is 385 g/mol. The van der Waals surface area contributed by atoms with Crippen LogP contribution in [-0.4, -0.2) is 0 Å². The van der Waals surface area contributed by atoms with Gasteiger partial charge in [-0.1, -0.05) is 78.9 Å². The van der Waals surface area contributed by atoms with Gasteiger partial charge in [0.05, 0.1) is 0 Å². The number of hydrogen-bond acceptors (Lipinski definition) is 0. The Kier molecular flexibility index (Phi) is 5.59. The molecule has 0 aromatic heterocycles. The van der Waals surface area contributed by atoms with Crippen LogP contribution >= 0.6 is 0 Å². The zero-order valence-electron chi connectivity index (χ0n) is 19.9. The predicted molar refractivity (Wildman–Crippen MR) is 122 cm³/mol. The van der Waals surface area contributed by atoms with Gasteiger partial charge in [-0.15, -0.1) is 0 Å². The zero-order chi connectivity index (χ0) is 20.2. The van der Waals surface area contributed by atoms with Crippen molar-refractivity contribution >= 4 is 0 Å². The van der Waals surface area contributed by atoms with Crippen molar-refractivity contribution in [3.63, 3.8) is 0 Å². The van der Waals surface area contributed by atoms with Crippen LogP contribution < -0.4 is 0 Å². The Morgan fingerprint density at radius 1 is 0.893 bits per heavy atom. The molecule has 0 heteroatoms. The smallest absolute Gasteiger partial charge is 0.00827 e. The van der Waals surface area contributed by atoms with Crippen LogP contribution in [0.2, 0.25) is 0 Å². The molecule has 7 unspecified atom stereocenters. The lowest BCUT2D eigenvalue weighted by Gasteiger charge is -2.63. The van der Waals surface area contributed by atoms with E-state index in [1.807, 2.05) is 5.57 Å². The Balaban J connectivity index is 1.55. The molecule has 0 heterocycles. The second kappa shape index (κ2) is 7.46. The van der Waals surface area contributed by atoms with Crippen molar-refractivity contribution in [1.82, 2.24) is 0 Å².